The molecule has 0 aliphatic heterocycles. The predicted molar refractivity (Wildman–Crippen MR) is 69.1 cm³/mol. The van der Waals surface area contributed by atoms with E-state index in [2.05, 4.69) is 10.3 Å². The molecule has 0 fully saturated rings. The first-order valence-corrected chi connectivity index (χ1v) is 5.42. The zero-order valence-corrected chi connectivity index (χ0v) is 9.63. The maximum Gasteiger partial charge on any atom is 0.228 e. The van der Waals surface area contributed by atoms with Crippen molar-refractivity contribution in [1.29, 1.82) is 0 Å². The summed E-state index contributed by atoms with van der Waals surface area (Å²) in [5.41, 5.74) is 7.43. The average molecular weight is 243 g/mol. The van der Waals surface area contributed by atoms with Crippen LogP contribution in [0.4, 0.5) is 11.4 Å². The minimum Gasteiger partial charge on any atom is -0.508 e. The Morgan fingerprint density at radius 2 is 2.22 bits per heavy atom. The van der Waals surface area contributed by atoms with Gasteiger partial charge in [0, 0.05) is 11.9 Å². The smallest absolute Gasteiger partial charge is 0.228 e. The van der Waals surface area contributed by atoms with E-state index < -0.39 is 0 Å². The Labute approximate surface area is 104 Å². The lowest BCUT2D eigenvalue weighted by Crippen LogP contribution is -2.15. The third-order valence-electron chi connectivity index (χ3n) is 2.42. The first kappa shape index (κ1) is 11.9. The first-order chi connectivity index (χ1) is 8.65. The number of aromatic nitrogens is 1. The van der Waals surface area contributed by atoms with E-state index in [1.165, 1.54) is 12.1 Å². The van der Waals surface area contributed by atoms with Gasteiger partial charge in [-0.25, -0.2) is 0 Å². The molecule has 1 heterocycles. The number of benzene rings is 1. The Hall–Kier alpha value is -2.56. The van der Waals surface area contributed by atoms with Crippen molar-refractivity contribution in [3.05, 3.63) is 48.3 Å². The van der Waals surface area contributed by atoms with E-state index >= 15 is 0 Å². The van der Waals surface area contributed by atoms with Crippen LogP contribution in [0.15, 0.2) is 42.7 Å². The molecule has 5 nitrogen and oxygen atoms in total. The number of nitrogen functional groups attached to an aromatic ring is 1. The molecule has 0 bridgehead atoms. The monoisotopic (exact) mass is 243 g/mol. The number of carbonyl (C=O) groups is 1. The summed E-state index contributed by atoms with van der Waals surface area (Å²) < 4.78 is 0. The van der Waals surface area contributed by atoms with Gasteiger partial charge in [0.2, 0.25) is 5.91 Å². The Bertz CT molecular complexity index is 555. The van der Waals surface area contributed by atoms with Crippen LogP contribution in [0.2, 0.25) is 0 Å². The van der Waals surface area contributed by atoms with Gasteiger partial charge in [0.1, 0.15) is 5.75 Å². The molecule has 2 rings (SSSR count). The van der Waals surface area contributed by atoms with Crippen LogP contribution in [-0.4, -0.2) is 16.0 Å². The summed E-state index contributed by atoms with van der Waals surface area (Å²) in [5, 5.41) is 12.0. The highest BCUT2D eigenvalue weighted by Gasteiger charge is 2.07. The molecule has 92 valence electrons. The highest BCUT2D eigenvalue weighted by Crippen LogP contribution is 2.19. The average Bonchev–Trinajstić information content (AvgIpc) is 2.35. The Balaban J connectivity index is 2.05. The fraction of sp³-hybridized carbons (Fsp3) is 0.0769. The molecule has 0 spiro atoms. The standard InChI is InChI=1S/C13H13N3O2/c14-12-4-3-11(17)6-9(12)7-13(18)16-10-2-1-5-15-8-10/h1-6,8,17H,7,14H2,(H,16,18). The van der Waals surface area contributed by atoms with Gasteiger partial charge in [0.05, 0.1) is 18.3 Å². The Kier molecular flexibility index (Phi) is 3.43. The van der Waals surface area contributed by atoms with E-state index in [1.54, 1.807) is 30.6 Å². The largest absolute Gasteiger partial charge is 0.508 e. The highest BCUT2D eigenvalue weighted by atomic mass is 16.3. The van der Waals surface area contributed by atoms with Gasteiger partial charge in [-0.3, -0.25) is 9.78 Å². The molecule has 0 radical (unpaired) electrons. The maximum atomic E-state index is 11.8. The molecule has 0 atom stereocenters. The number of nitrogens with one attached hydrogen (secondary N) is 1. The lowest BCUT2D eigenvalue weighted by atomic mass is 10.1. The van der Waals surface area contributed by atoms with Crippen molar-refractivity contribution in [3.63, 3.8) is 0 Å². The van der Waals surface area contributed by atoms with Crippen molar-refractivity contribution >= 4 is 17.3 Å². The highest BCUT2D eigenvalue weighted by molar-refractivity contribution is 5.92. The second kappa shape index (κ2) is 5.18. The van der Waals surface area contributed by atoms with Gasteiger partial charge in [-0.15, -0.1) is 0 Å². The summed E-state index contributed by atoms with van der Waals surface area (Å²) in [7, 11) is 0. The molecule has 4 N–H and O–H groups in total. The minimum absolute atomic E-state index is 0.0911. The summed E-state index contributed by atoms with van der Waals surface area (Å²) in [6.45, 7) is 0. The van der Waals surface area contributed by atoms with Crippen LogP contribution >= 0.6 is 0 Å². The zero-order chi connectivity index (χ0) is 13.0. The number of aromatic hydroxyl groups is 1. The zero-order valence-electron chi connectivity index (χ0n) is 9.63. The van der Waals surface area contributed by atoms with E-state index in [1.807, 2.05) is 0 Å². The van der Waals surface area contributed by atoms with E-state index in [9.17, 15) is 9.90 Å². The summed E-state index contributed by atoms with van der Waals surface area (Å²) in [6, 6.07) is 8.02. The van der Waals surface area contributed by atoms with Gasteiger partial charge >= 0.3 is 0 Å². The summed E-state index contributed by atoms with van der Waals surface area (Å²) in [5.74, 6) is -0.117. The molecule has 18 heavy (non-hydrogen) atoms. The van der Waals surface area contributed by atoms with Crippen molar-refractivity contribution in [1.82, 2.24) is 4.98 Å². The number of amides is 1. The van der Waals surface area contributed by atoms with Crippen LogP contribution in [0.1, 0.15) is 5.56 Å². The van der Waals surface area contributed by atoms with E-state index in [0.29, 0.717) is 16.9 Å². The molecule has 0 unspecified atom stereocenters. The molecular weight excluding hydrogens is 230 g/mol. The van der Waals surface area contributed by atoms with Crippen LogP contribution in [0.3, 0.4) is 0 Å². The molecule has 1 aromatic carbocycles. The molecule has 1 aromatic heterocycles. The molecule has 2 aromatic rings. The van der Waals surface area contributed by atoms with Gasteiger partial charge in [0.25, 0.3) is 0 Å². The number of anilines is 2. The fourth-order valence-electron chi connectivity index (χ4n) is 1.56. The second-order valence-corrected chi connectivity index (χ2v) is 3.85. The number of nitrogens with zero attached hydrogens (tertiary/aromatic N) is 1. The van der Waals surface area contributed by atoms with Crippen molar-refractivity contribution in [2.24, 2.45) is 0 Å². The third-order valence-corrected chi connectivity index (χ3v) is 2.42. The van der Waals surface area contributed by atoms with Crippen molar-refractivity contribution in [3.8, 4) is 5.75 Å². The van der Waals surface area contributed by atoms with Gasteiger partial charge in [-0.1, -0.05) is 0 Å². The molecule has 0 saturated heterocycles. The third kappa shape index (κ3) is 2.98. The van der Waals surface area contributed by atoms with Crippen molar-refractivity contribution in [2.75, 3.05) is 11.1 Å². The second-order valence-electron chi connectivity index (χ2n) is 3.85. The van der Waals surface area contributed by atoms with Crippen molar-refractivity contribution < 1.29 is 9.90 Å². The molecule has 1 amide bonds. The minimum atomic E-state index is -0.208. The van der Waals surface area contributed by atoms with Gasteiger partial charge in [-0.2, -0.15) is 0 Å². The number of rotatable bonds is 3. The Morgan fingerprint density at radius 3 is 2.94 bits per heavy atom. The molecule has 5 heteroatoms. The molecule has 0 aliphatic rings. The van der Waals surface area contributed by atoms with Crippen LogP contribution in [0.5, 0.6) is 5.75 Å². The SMILES string of the molecule is Nc1ccc(O)cc1CC(=O)Nc1cccnc1. The Morgan fingerprint density at radius 1 is 1.39 bits per heavy atom. The van der Waals surface area contributed by atoms with Crippen LogP contribution in [0.25, 0.3) is 0 Å². The van der Waals surface area contributed by atoms with Gasteiger partial charge < -0.3 is 16.2 Å². The lowest BCUT2D eigenvalue weighted by Gasteiger charge is -2.07. The van der Waals surface area contributed by atoms with Gasteiger partial charge in [0.15, 0.2) is 0 Å². The van der Waals surface area contributed by atoms with E-state index in [0.717, 1.165) is 0 Å². The van der Waals surface area contributed by atoms with Crippen LogP contribution < -0.4 is 11.1 Å². The van der Waals surface area contributed by atoms with Crippen molar-refractivity contribution in [2.45, 2.75) is 6.42 Å². The summed E-state index contributed by atoms with van der Waals surface area (Å²) in [4.78, 5) is 15.7. The number of phenolic OH excluding ortho intramolecular Hbond substituents is 1. The topological polar surface area (TPSA) is 88.2 Å². The lowest BCUT2D eigenvalue weighted by molar-refractivity contribution is -0.115. The number of nitrogens with two attached hydrogens (primary N) is 1. The van der Waals surface area contributed by atoms with Crippen LogP contribution in [-0.2, 0) is 11.2 Å². The quantitative estimate of drug-likeness (QED) is 0.563. The predicted octanol–water partition coefficient (Wildman–Crippen LogP) is 1.55. The first-order valence-electron chi connectivity index (χ1n) is 5.42. The normalized spacial score (nSPS) is 10.0. The maximum absolute atomic E-state index is 11.8. The van der Waals surface area contributed by atoms with E-state index in [-0.39, 0.29) is 18.1 Å². The molecule has 0 aliphatic carbocycles. The number of hydrogen-bond acceptors (Lipinski definition) is 4. The van der Waals surface area contributed by atoms with Gasteiger partial charge in [-0.05, 0) is 35.9 Å². The fourth-order valence-corrected chi connectivity index (χ4v) is 1.56. The summed E-state index contributed by atoms with van der Waals surface area (Å²) >= 11 is 0. The van der Waals surface area contributed by atoms with E-state index in [4.69, 9.17) is 5.73 Å². The van der Waals surface area contributed by atoms with Crippen LogP contribution in [0, 0.1) is 0 Å². The number of hydrogen-bond donors (Lipinski definition) is 3. The number of phenols is 1. The molecular formula is C13H13N3O2. The number of pyridine rings is 1. The summed E-state index contributed by atoms with van der Waals surface area (Å²) in [6.07, 6.45) is 3.29. The molecule has 0 saturated carbocycles. The number of carbonyl (C=O) groups excluding carboxylic acids is 1.